The fraction of sp³-hybridized carbons (Fsp3) is 0.647. The van der Waals surface area contributed by atoms with Gasteiger partial charge < -0.3 is 5.32 Å². The summed E-state index contributed by atoms with van der Waals surface area (Å²) in [6.07, 6.45) is 3.68. The van der Waals surface area contributed by atoms with Gasteiger partial charge in [-0.25, -0.2) is 4.39 Å². The lowest BCUT2D eigenvalue weighted by molar-refractivity contribution is 0.198. The first-order valence-electron chi connectivity index (χ1n) is 7.87. The molecule has 0 aliphatic carbocycles. The Bertz CT molecular complexity index is 413. The highest BCUT2D eigenvalue weighted by molar-refractivity contribution is 5.26. The molecule has 2 nitrogen and oxygen atoms in total. The molecule has 0 aromatic heterocycles. The summed E-state index contributed by atoms with van der Waals surface area (Å²) in [6.45, 7) is 9.69. The van der Waals surface area contributed by atoms with E-state index in [0.717, 1.165) is 50.6 Å². The molecule has 0 spiro atoms. The van der Waals surface area contributed by atoms with Crippen molar-refractivity contribution in [2.24, 2.45) is 5.92 Å². The van der Waals surface area contributed by atoms with E-state index in [9.17, 15) is 4.39 Å². The van der Waals surface area contributed by atoms with Crippen LogP contribution in [-0.4, -0.2) is 31.1 Å². The maximum atomic E-state index is 13.4. The zero-order valence-electron chi connectivity index (χ0n) is 12.8. The Morgan fingerprint density at radius 1 is 1.30 bits per heavy atom. The Balaban J connectivity index is 1.98. The van der Waals surface area contributed by atoms with E-state index in [-0.39, 0.29) is 5.82 Å². The van der Waals surface area contributed by atoms with Gasteiger partial charge in [-0.1, -0.05) is 13.0 Å². The molecule has 1 aromatic rings. The van der Waals surface area contributed by atoms with Crippen molar-refractivity contribution in [3.05, 3.63) is 35.1 Å². The molecule has 112 valence electrons. The van der Waals surface area contributed by atoms with Crippen LogP contribution in [0.2, 0.25) is 0 Å². The Kier molecular flexibility index (Phi) is 5.99. The zero-order chi connectivity index (χ0) is 14.4. The van der Waals surface area contributed by atoms with Gasteiger partial charge in [0.2, 0.25) is 0 Å². The quantitative estimate of drug-likeness (QED) is 0.858. The van der Waals surface area contributed by atoms with Gasteiger partial charge in [0.15, 0.2) is 0 Å². The van der Waals surface area contributed by atoms with Gasteiger partial charge in [-0.2, -0.15) is 0 Å². The largest absolute Gasteiger partial charge is 0.317 e. The topological polar surface area (TPSA) is 15.3 Å². The third kappa shape index (κ3) is 4.57. The summed E-state index contributed by atoms with van der Waals surface area (Å²) in [5.41, 5.74) is 2.32. The monoisotopic (exact) mass is 278 g/mol. The molecule has 0 unspecified atom stereocenters. The van der Waals surface area contributed by atoms with Gasteiger partial charge in [-0.3, -0.25) is 4.90 Å². The average Bonchev–Trinajstić information content (AvgIpc) is 2.44. The molecule has 3 heteroatoms. The number of nitrogens with one attached hydrogen (secondary N) is 1. The SMILES string of the molecule is CCCN(Cc1cc(F)ccc1C)CC1CCNCC1. The smallest absolute Gasteiger partial charge is 0.123 e. The van der Waals surface area contributed by atoms with Gasteiger partial charge in [0.25, 0.3) is 0 Å². The molecular formula is C17H27FN2. The molecule has 1 aromatic carbocycles. The van der Waals surface area contributed by atoms with E-state index >= 15 is 0 Å². The normalized spacial score (nSPS) is 16.8. The first-order chi connectivity index (χ1) is 9.69. The second-order valence-electron chi connectivity index (χ2n) is 6.00. The van der Waals surface area contributed by atoms with Gasteiger partial charge >= 0.3 is 0 Å². The number of nitrogens with zero attached hydrogens (tertiary/aromatic N) is 1. The number of benzene rings is 1. The third-order valence-corrected chi connectivity index (χ3v) is 4.22. The third-order valence-electron chi connectivity index (χ3n) is 4.22. The van der Waals surface area contributed by atoms with Crippen molar-refractivity contribution >= 4 is 0 Å². The highest BCUT2D eigenvalue weighted by Gasteiger charge is 2.17. The summed E-state index contributed by atoms with van der Waals surface area (Å²) in [5, 5.41) is 3.42. The summed E-state index contributed by atoms with van der Waals surface area (Å²) >= 11 is 0. The van der Waals surface area contributed by atoms with Gasteiger partial charge in [-0.05, 0) is 75.0 Å². The number of aryl methyl sites for hydroxylation is 1. The van der Waals surface area contributed by atoms with Crippen LogP contribution in [-0.2, 0) is 6.54 Å². The summed E-state index contributed by atoms with van der Waals surface area (Å²) < 4.78 is 13.4. The van der Waals surface area contributed by atoms with Crippen molar-refractivity contribution in [1.82, 2.24) is 10.2 Å². The standard InChI is InChI=1S/C17H27FN2/c1-3-10-20(12-15-6-8-19-9-7-15)13-16-11-17(18)5-4-14(16)2/h4-5,11,15,19H,3,6-10,12-13H2,1-2H3. The lowest BCUT2D eigenvalue weighted by Crippen LogP contribution is -2.36. The summed E-state index contributed by atoms with van der Waals surface area (Å²) in [7, 11) is 0. The predicted molar refractivity (Wildman–Crippen MR) is 82.3 cm³/mol. The number of hydrogen-bond donors (Lipinski definition) is 1. The maximum Gasteiger partial charge on any atom is 0.123 e. The van der Waals surface area contributed by atoms with Crippen LogP contribution in [0, 0.1) is 18.7 Å². The minimum Gasteiger partial charge on any atom is -0.317 e. The predicted octanol–water partition coefficient (Wildman–Crippen LogP) is 3.35. The van der Waals surface area contributed by atoms with Crippen molar-refractivity contribution in [2.45, 2.75) is 39.7 Å². The fourth-order valence-electron chi connectivity index (χ4n) is 3.03. The number of halogens is 1. The second kappa shape index (κ2) is 7.75. The van der Waals surface area contributed by atoms with E-state index in [4.69, 9.17) is 0 Å². The summed E-state index contributed by atoms with van der Waals surface area (Å²) in [6, 6.07) is 5.13. The highest BCUT2D eigenvalue weighted by Crippen LogP contribution is 2.18. The Morgan fingerprint density at radius 2 is 2.05 bits per heavy atom. The van der Waals surface area contributed by atoms with E-state index in [2.05, 4.69) is 24.1 Å². The van der Waals surface area contributed by atoms with E-state index in [0.29, 0.717) is 0 Å². The van der Waals surface area contributed by atoms with E-state index < -0.39 is 0 Å². The molecule has 2 rings (SSSR count). The first-order valence-corrected chi connectivity index (χ1v) is 7.87. The lowest BCUT2D eigenvalue weighted by atomic mass is 9.97. The molecule has 0 radical (unpaired) electrons. The minimum absolute atomic E-state index is 0.121. The summed E-state index contributed by atoms with van der Waals surface area (Å²) in [4.78, 5) is 2.50. The molecule has 1 fully saturated rings. The van der Waals surface area contributed by atoms with Crippen LogP contribution < -0.4 is 5.32 Å². The van der Waals surface area contributed by atoms with Crippen molar-refractivity contribution < 1.29 is 4.39 Å². The zero-order valence-corrected chi connectivity index (χ0v) is 12.8. The van der Waals surface area contributed by atoms with Crippen LogP contribution in [0.25, 0.3) is 0 Å². The van der Waals surface area contributed by atoms with Crippen LogP contribution in [0.3, 0.4) is 0 Å². The highest BCUT2D eigenvalue weighted by atomic mass is 19.1. The Hall–Kier alpha value is -0.930. The lowest BCUT2D eigenvalue weighted by Gasteiger charge is -2.30. The molecule has 1 aliphatic heterocycles. The number of rotatable bonds is 6. The van der Waals surface area contributed by atoms with Crippen molar-refractivity contribution in [3.8, 4) is 0 Å². The Labute approximate surface area is 122 Å². The molecule has 20 heavy (non-hydrogen) atoms. The van der Waals surface area contributed by atoms with Crippen molar-refractivity contribution in [2.75, 3.05) is 26.2 Å². The maximum absolute atomic E-state index is 13.4. The minimum atomic E-state index is -0.121. The van der Waals surface area contributed by atoms with Crippen LogP contribution in [0.1, 0.15) is 37.3 Å². The van der Waals surface area contributed by atoms with Crippen molar-refractivity contribution in [1.29, 1.82) is 0 Å². The second-order valence-corrected chi connectivity index (χ2v) is 6.00. The Morgan fingerprint density at radius 3 is 2.75 bits per heavy atom. The van der Waals surface area contributed by atoms with E-state index in [1.54, 1.807) is 12.1 Å². The number of hydrogen-bond acceptors (Lipinski definition) is 2. The average molecular weight is 278 g/mol. The molecular weight excluding hydrogens is 251 g/mol. The van der Waals surface area contributed by atoms with Gasteiger partial charge in [0.1, 0.15) is 5.82 Å². The molecule has 1 N–H and O–H groups in total. The molecule has 1 heterocycles. The van der Waals surface area contributed by atoms with Crippen molar-refractivity contribution in [3.63, 3.8) is 0 Å². The van der Waals surface area contributed by atoms with Crippen LogP contribution >= 0.6 is 0 Å². The fourth-order valence-corrected chi connectivity index (χ4v) is 3.03. The summed E-state index contributed by atoms with van der Waals surface area (Å²) in [5.74, 6) is 0.667. The molecule has 1 aliphatic rings. The molecule has 0 bridgehead atoms. The van der Waals surface area contributed by atoms with E-state index in [1.807, 2.05) is 6.07 Å². The van der Waals surface area contributed by atoms with E-state index in [1.165, 1.54) is 18.4 Å². The molecule has 0 amide bonds. The molecule has 0 atom stereocenters. The van der Waals surface area contributed by atoms with Gasteiger partial charge in [-0.15, -0.1) is 0 Å². The first kappa shape index (κ1) is 15.5. The number of piperidine rings is 1. The van der Waals surface area contributed by atoms with Gasteiger partial charge in [0, 0.05) is 13.1 Å². The van der Waals surface area contributed by atoms with Crippen LogP contribution in [0.15, 0.2) is 18.2 Å². The molecule has 1 saturated heterocycles. The van der Waals surface area contributed by atoms with Crippen LogP contribution in [0.4, 0.5) is 4.39 Å². The van der Waals surface area contributed by atoms with Crippen LogP contribution in [0.5, 0.6) is 0 Å². The molecule has 0 saturated carbocycles. The van der Waals surface area contributed by atoms with Gasteiger partial charge in [0.05, 0.1) is 0 Å².